The highest BCUT2D eigenvalue weighted by Crippen LogP contribution is 2.26. The van der Waals surface area contributed by atoms with Gasteiger partial charge in [-0.05, 0) is 23.6 Å². The molecule has 8 nitrogen and oxygen atoms in total. The van der Waals surface area contributed by atoms with Crippen molar-refractivity contribution in [3.63, 3.8) is 0 Å². The van der Waals surface area contributed by atoms with Gasteiger partial charge in [-0.15, -0.1) is 0 Å². The standard InChI is InChI=1S/C25H23F2N7O/c1-14(2)20-17(5-4-10-28-20)22-29-11-18-24(32-22)34(25(35)31-18)12-15-6-8-16(9-7-15)23-30-19(21(26)27)13-33(23)3/h4-11,13-14,21H,12H2,1-3H3,(H,31,35). The van der Waals surface area contributed by atoms with Crippen molar-refractivity contribution in [1.82, 2.24) is 34.1 Å². The third kappa shape index (κ3) is 4.23. The van der Waals surface area contributed by atoms with Crippen LogP contribution in [0, 0.1) is 0 Å². The molecule has 0 saturated carbocycles. The number of rotatable bonds is 6. The number of pyridine rings is 1. The minimum atomic E-state index is -2.63. The van der Waals surface area contributed by atoms with Crippen LogP contribution in [0.1, 0.15) is 43.1 Å². The molecule has 0 atom stereocenters. The first kappa shape index (κ1) is 22.6. The van der Waals surface area contributed by atoms with Crippen LogP contribution >= 0.6 is 0 Å². The summed E-state index contributed by atoms with van der Waals surface area (Å²) >= 11 is 0. The molecule has 0 aliphatic rings. The molecule has 0 saturated heterocycles. The van der Waals surface area contributed by atoms with E-state index in [0.29, 0.717) is 28.4 Å². The Morgan fingerprint density at radius 1 is 1.06 bits per heavy atom. The van der Waals surface area contributed by atoms with Crippen LogP contribution in [-0.2, 0) is 13.6 Å². The number of aromatic amines is 1. The van der Waals surface area contributed by atoms with Crippen LogP contribution in [0.4, 0.5) is 8.78 Å². The fourth-order valence-electron chi connectivity index (χ4n) is 4.09. The van der Waals surface area contributed by atoms with Crippen LogP contribution < -0.4 is 5.69 Å². The lowest BCUT2D eigenvalue weighted by Gasteiger charge is -2.10. The van der Waals surface area contributed by atoms with Gasteiger partial charge in [0, 0.05) is 30.6 Å². The van der Waals surface area contributed by atoms with Crippen molar-refractivity contribution in [2.75, 3.05) is 0 Å². The molecule has 5 aromatic rings. The molecular weight excluding hydrogens is 452 g/mol. The fraction of sp³-hybridized carbons (Fsp3) is 0.240. The second kappa shape index (κ2) is 8.86. The van der Waals surface area contributed by atoms with Crippen molar-refractivity contribution in [1.29, 1.82) is 0 Å². The Morgan fingerprint density at radius 2 is 1.83 bits per heavy atom. The van der Waals surface area contributed by atoms with Crippen LogP contribution in [0.5, 0.6) is 0 Å². The molecule has 0 amide bonds. The van der Waals surface area contributed by atoms with Crippen molar-refractivity contribution in [2.24, 2.45) is 7.05 Å². The number of aryl methyl sites for hydroxylation is 1. The molecule has 4 heterocycles. The molecule has 1 aromatic carbocycles. The van der Waals surface area contributed by atoms with E-state index in [1.807, 2.05) is 24.3 Å². The molecule has 0 spiro atoms. The number of fused-ring (bicyclic) bond motifs is 1. The molecule has 1 N–H and O–H groups in total. The molecule has 0 unspecified atom stereocenters. The summed E-state index contributed by atoms with van der Waals surface area (Å²) in [6, 6.07) is 11.1. The van der Waals surface area contributed by atoms with Gasteiger partial charge in [-0.3, -0.25) is 9.55 Å². The zero-order valence-electron chi connectivity index (χ0n) is 19.4. The van der Waals surface area contributed by atoms with E-state index in [-0.39, 0.29) is 23.8 Å². The van der Waals surface area contributed by atoms with E-state index in [0.717, 1.165) is 16.8 Å². The summed E-state index contributed by atoms with van der Waals surface area (Å²) in [5.74, 6) is 1.14. The fourth-order valence-corrected chi connectivity index (χ4v) is 4.09. The third-order valence-corrected chi connectivity index (χ3v) is 5.81. The molecule has 0 aliphatic heterocycles. The zero-order chi connectivity index (χ0) is 24.7. The van der Waals surface area contributed by atoms with Crippen LogP contribution in [0.2, 0.25) is 0 Å². The maximum atomic E-state index is 13.0. The molecule has 0 bridgehead atoms. The number of hydrogen-bond donors (Lipinski definition) is 1. The third-order valence-electron chi connectivity index (χ3n) is 5.81. The Morgan fingerprint density at radius 3 is 2.51 bits per heavy atom. The van der Waals surface area contributed by atoms with Crippen molar-refractivity contribution in [3.05, 3.63) is 82.4 Å². The lowest BCUT2D eigenvalue weighted by Crippen LogP contribution is -2.17. The maximum absolute atomic E-state index is 13.0. The van der Waals surface area contributed by atoms with Crippen LogP contribution in [0.15, 0.2) is 59.8 Å². The number of alkyl halides is 2. The topological polar surface area (TPSA) is 94.3 Å². The van der Waals surface area contributed by atoms with E-state index >= 15 is 0 Å². The molecule has 0 fully saturated rings. The van der Waals surface area contributed by atoms with E-state index in [2.05, 4.69) is 33.8 Å². The predicted molar refractivity (Wildman–Crippen MR) is 128 cm³/mol. The van der Waals surface area contributed by atoms with Crippen LogP contribution in [-0.4, -0.2) is 34.1 Å². The lowest BCUT2D eigenvalue weighted by atomic mass is 10.0. The highest BCUT2D eigenvalue weighted by molar-refractivity contribution is 5.73. The number of nitrogens with zero attached hydrogens (tertiary/aromatic N) is 6. The second-order valence-electron chi connectivity index (χ2n) is 8.64. The van der Waals surface area contributed by atoms with Crippen molar-refractivity contribution >= 4 is 11.2 Å². The lowest BCUT2D eigenvalue weighted by molar-refractivity contribution is 0.146. The molecule has 4 aromatic heterocycles. The molecular formula is C25H23F2N7O. The number of aromatic nitrogens is 7. The first-order chi connectivity index (χ1) is 16.8. The van der Waals surface area contributed by atoms with Gasteiger partial charge in [0.1, 0.15) is 17.0 Å². The molecule has 0 radical (unpaired) electrons. The number of nitrogens with one attached hydrogen (secondary N) is 1. The summed E-state index contributed by atoms with van der Waals surface area (Å²) in [7, 11) is 1.68. The quantitative estimate of drug-likeness (QED) is 0.385. The molecule has 35 heavy (non-hydrogen) atoms. The highest BCUT2D eigenvalue weighted by atomic mass is 19.3. The van der Waals surface area contributed by atoms with Gasteiger partial charge in [0.05, 0.1) is 18.4 Å². The molecule has 178 valence electrons. The van der Waals surface area contributed by atoms with Gasteiger partial charge < -0.3 is 9.55 Å². The predicted octanol–water partition coefficient (Wildman–Crippen LogP) is 4.69. The minimum absolute atomic E-state index is 0.188. The number of hydrogen-bond acceptors (Lipinski definition) is 5. The number of benzene rings is 1. The minimum Gasteiger partial charge on any atom is -0.334 e. The molecule has 5 rings (SSSR count). The summed E-state index contributed by atoms with van der Waals surface area (Å²) in [5.41, 5.74) is 3.74. The molecule has 0 aliphatic carbocycles. The van der Waals surface area contributed by atoms with E-state index < -0.39 is 6.43 Å². The van der Waals surface area contributed by atoms with Gasteiger partial charge >= 0.3 is 5.69 Å². The van der Waals surface area contributed by atoms with Crippen LogP contribution in [0.3, 0.4) is 0 Å². The zero-order valence-corrected chi connectivity index (χ0v) is 19.4. The van der Waals surface area contributed by atoms with Gasteiger partial charge in [-0.2, -0.15) is 0 Å². The average molecular weight is 476 g/mol. The van der Waals surface area contributed by atoms with E-state index in [1.54, 1.807) is 40.7 Å². The first-order valence-electron chi connectivity index (χ1n) is 11.1. The van der Waals surface area contributed by atoms with E-state index in [1.165, 1.54) is 6.20 Å². The maximum Gasteiger partial charge on any atom is 0.328 e. The smallest absolute Gasteiger partial charge is 0.328 e. The second-order valence-corrected chi connectivity index (χ2v) is 8.64. The Kier molecular flexibility index (Phi) is 5.72. The Balaban J connectivity index is 1.49. The van der Waals surface area contributed by atoms with Gasteiger partial charge in [0.2, 0.25) is 0 Å². The molecule has 10 heteroatoms. The van der Waals surface area contributed by atoms with Gasteiger partial charge in [-0.25, -0.2) is 28.5 Å². The Bertz CT molecular complexity index is 1570. The monoisotopic (exact) mass is 475 g/mol. The SMILES string of the molecule is CC(C)c1ncccc1-c1ncc2[nH]c(=O)n(Cc3ccc(-c4nc(C(F)F)cn4C)cc3)c2n1. The number of halogens is 2. The normalized spacial score (nSPS) is 11.7. The number of H-pyrrole nitrogens is 1. The van der Waals surface area contributed by atoms with Crippen molar-refractivity contribution in [3.8, 4) is 22.8 Å². The average Bonchev–Trinajstić information content (AvgIpc) is 3.39. The summed E-state index contributed by atoms with van der Waals surface area (Å²) in [6.07, 6.45) is 2.05. The highest BCUT2D eigenvalue weighted by Gasteiger charge is 2.17. The number of imidazole rings is 2. The summed E-state index contributed by atoms with van der Waals surface area (Å²) in [5, 5.41) is 0. The van der Waals surface area contributed by atoms with Gasteiger partial charge in [0.25, 0.3) is 6.43 Å². The van der Waals surface area contributed by atoms with Crippen molar-refractivity contribution in [2.45, 2.75) is 32.7 Å². The summed E-state index contributed by atoms with van der Waals surface area (Å²) < 4.78 is 29.1. The Hall–Kier alpha value is -4.21. The summed E-state index contributed by atoms with van der Waals surface area (Å²) in [4.78, 5) is 33.2. The van der Waals surface area contributed by atoms with Gasteiger partial charge in [0.15, 0.2) is 11.5 Å². The van der Waals surface area contributed by atoms with Crippen molar-refractivity contribution < 1.29 is 8.78 Å². The van der Waals surface area contributed by atoms with Gasteiger partial charge in [-0.1, -0.05) is 38.1 Å². The van der Waals surface area contributed by atoms with E-state index in [4.69, 9.17) is 4.98 Å². The van der Waals surface area contributed by atoms with Crippen LogP contribution in [0.25, 0.3) is 33.9 Å². The first-order valence-corrected chi connectivity index (χ1v) is 11.1. The van der Waals surface area contributed by atoms with E-state index in [9.17, 15) is 13.6 Å². The Labute approximate surface area is 199 Å². The largest absolute Gasteiger partial charge is 0.334 e. The summed E-state index contributed by atoms with van der Waals surface area (Å²) in [6.45, 7) is 4.39.